The van der Waals surface area contributed by atoms with E-state index in [0.717, 1.165) is 0 Å². The largest absolute Gasteiger partial charge is 0.366 e. The lowest BCUT2D eigenvalue weighted by Gasteiger charge is -2.24. The van der Waals surface area contributed by atoms with Crippen LogP contribution in [-0.4, -0.2) is 45.8 Å². The molecule has 3 aromatic rings. The van der Waals surface area contributed by atoms with Gasteiger partial charge in [0.15, 0.2) is 5.78 Å². The molecule has 0 bridgehead atoms. The molecule has 6 nitrogen and oxygen atoms in total. The summed E-state index contributed by atoms with van der Waals surface area (Å²) in [4.78, 5) is 38.9. The molecule has 0 saturated carbocycles. The highest BCUT2D eigenvalue weighted by molar-refractivity contribution is 6.30. The van der Waals surface area contributed by atoms with Gasteiger partial charge in [-0.3, -0.25) is 14.4 Å². The topological polar surface area (TPSA) is 85.4 Å². The third-order valence-corrected chi connectivity index (χ3v) is 5.99. The van der Waals surface area contributed by atoms with Gasteiger partial charge in [0.1, 0.15) is 18.5 Å². The Morgan fingerprint density at radius 2 is 1.88 bits per heavy atom. The van der Waals surface area contributed by atoms with Crippen LogP contribution in [0.1, 0.15) is 22.3 Å². The van der Waals surface area contributed by atoms with Crippen LogP contribution in [-0.2, 0) is 22.6 Å². The van der Waals surface area contributed by atoms with Crippen LogP contribution < -0.4 is 5.73 Å². The highest BCUT2D eigenvalue weighted by atomic mass is 35.5. The van der Waals surface area contributed by atoms with Crippen molar-refractivity contribution in [2.75, 3.05) is 6.54 Å². The van der Waals surface area contributed by atoms with E-state index in [1.165, 1.54) is 29.3 Å². The summed E-state index contributed by atoms with van der Waals surface area (Å²) in [7, 11) is 0. The molecule has 4 rings (SSSR count). The molecule has 0 aliphatic carbocycles. The van der Waals surface area contributed by atoms with Crippen LogP contribution in [0.5, 0.6) is 0 Å². The van der Waals surface area contributed by atoms with Crippen molar-refractivity contribution in [3.8, 4) is 0 Å². The van der Waals surface area contributed by atoms with E-state index in [9.17, 15) is 23.2 Å². The molecule has 166 valence electrons. The number of hydrogen-bond donors (Lipinski definition) is 1. The van der Waals surface area contributed by atoms with Gasteiger partial charge in [-0.25, -0.2) is 8.78 Å². The fourth-order valence-corrected chi connectivity index (χ4v) is 4.36. The second-order valence-corrected chi connectivity index (χ2v) is 8.21. The maximum absolute atomic E-state index is 14.2. The molecule has 2 N–H and O–H groups in total. The summed E-state index contributed by atoms with van der Waals surface area (Å²) >= 11 is 5.77. The number of alkyl halides is 1. The minimum atomic E-state index is -1.36. The van der Waals surface area contributed by atoms with Gasteiger partial charge in [0.05, 0.1) is 23.2 Å². The maximum Gasteiger partial charge on any atom is 0.250 e. The lowest BCUT2D eigenvalue weighted by molar-refractivity contribution is -0.137. The average Bonchev–Trinajstić information content (AvgIpc) is 3.33. The van der Waals surface area contributed by atoms with Gasteiger partial charge < -0.3 is 15.2 Å². The number of ketones is 1. The summed E-state index contributed by atoms with van der Waals surface area (Å²) in [5.41, 5.74) is 6.42. The first-order valence-corrected chi connectivity index (χ1v) is 10.4. The summed E-state index contributed by atoms with van der Waals surface area (Å²) in [6.07, 6.45) is -0.330. The van der Waals surface area contributed by atoms with Gasteiger partial charge in [0, 0.05) is 29.9 Å². The Hall–Kier alpha value is -3.26. The third kappa shape index (κ3) is 4.10. The average molecular weight is 460 g/mol. The Balaban J connectivity index is 1.56. The summed E-state index contributed by atoms with van der Waals surface area (Å²) < 4.78 is 30.0. The van der Waals surface area contributed by atoms with Gasteiger partial charge in [-0.05, 0) is 17.7 Å². The third-order valence-electron chi connectivity index (χ3n) is 5.70. The van der Waals surface area contributed by atoms with Crippen molar-refractivity contribution in [2.24, 2.45) is 5.73 Å². The molecule has 9 heteroatoms. The predicted molar refractivity (Wildman–Crippen MR) is 116 cm³/mol. The van der Waals surface area contributed by atoms with Crippen molar-refractivity contribution in [3.63, 3.8) is 0 Å². The van der Waals surface area contributed by atoms with E-state index in [2.05, 4.69) is 0 Å². The first-order chi connectivity index (χ1) is 15.3. The fraction of sp³-hybridized carbons (Fsp3) is 0.261. The molecular formula is C23H20ClF2N3O3. The Morgan fingerprint density at radius 3 is 2.62 bits per heavy atom. The van der Waals surface area contributed by atoms with Crippen molar-refractivity contribution < 1.29 is 23.2 Å². The highest BCUT2D eigenvalue weighted by Crippen LogP contribution is 2.26. The molecule has 1 fully saturated rings. The molecule has 2 atom stereocenters. The van der Waals surface area contributed by atoms with Gasteiger partial charge >= 0.3 is 0 Å². The SMILES string of the molecule is NC(=O)c1cn(CC(=O)N2C[C@H](F)C[C@H]2C(=O)Cc2cccc(Cl)c2F)c2ccccc12. The van der Waals surface area contributed by atoms with E-state index in [4.69, 9.17) is 17.3 Å². The lowest BCUT2D eigenvalue weighted by Crippen LogP contribution is -2.42. The van der Waals surface area contributed by atoms with Crippen molar-refractivity contribution in [1.29, 1.82) is 0 Å². The second kappa shape index (κ2) is 8.70. The van der Waals surface area contributed by atoms with Crippen molar-refractivity contribution >= 4 is 40.1 Å². The summed E-state index contributed by atoms with van der Waals surface area (Å²) in [5, 5.41) is 0.490. The molecule has 1 aliphatic heterocycles. The van der Waals surface area contributed by atoms with Crippen molar-refractivity contribution in [2.45, 2.75) is 31.6 Å². The minimum absolute atomic E-state index is 0.0970. The van der Waals surface area contributed by atoms with Crippen LogP contribution in [0.15, 0.2) is 48.7 Å². The number of amides is 2. The van der Waals surface area contributed by atoms with E-state index in [0.29, 0.717) is 10.9 Å². The number of nitrogens with two attached hydrogens (primary N) is 1. The van der Waals surface area contributed by atoms with Crippen molar-refractivity contribution in [1.82, 2.24) is 9.47 Å². The number of fused-ring (bicyclic) bond motifs is 1. The van der Waals surface area contributed by atoms with Gasteiger partial charge in [-0.15, -0.1) is 0 Å². The second-order valence-electron chi connectivity index (χ2n) is 7.80. The number of hydrogen-bond acceptors (Lipinski definition) is 3. The summed E-state index contributed by atoms with van der Waals surface area (Å²) in [6, 6.07) is 10.3. The fourth-order valence-electron chi connectivity index (χ4n) is 4.17. The normalized spacial score (nSPS) is 18.3. The van der Waals surface area contributed by atoms with Gasteiger partial charge in [0.2, 0.25) is 5.91 Å². The lowest BCUT2D eigenvalue weighted by atomic mass is 10.0. The first kappa shape index (κ1) is 22.0. The van der Waals surface area contributed by atoms with Crippen LogP contribution in [0, 0.1) is 5.82 Å². The zero-order valence-electron chi connectivity index (χ0n) is 16.9. The van der Waals surface area contributed by atoms with E-state index >= 15 is 0 Å². The molecule has 0 spiro atoms. The quantitative estimate of drug-likeness (QED) is 0.613. The molecule has 2 heterocycles. The number of likely N-dealkylation sites (tertiary alicyclic amines) is 1. The summed E-state index contributed by atoms with van der Waals surface area (Å²) in [6.45, 7) is -0.426. The van der Waals surface area contributed by atoms with Gasteiger partial charge in [-0.2, -0.15) is 0 Å². The molecule has 32 heavy (non-hydrogen) atoms. The number of carbonyl (C=O) groups excluding carboxylic acids is 3. The smallest absolute Gasteiger partial charge is 0.250 e. The number of primary amides is 1. The molecule has 2 aromatic carbocycles. The zero-order valence-corrected chi connectivity index (χ0v) is 17.7. The molecule has 1 saturated heterocycles. The first-order valence-electron chi connectivity index (χ1n) is 10.0. The molecule has 1 aliphatic rings. The van der Waals surface area contributed by atoms with Crippen LogP contribution in [0.25, 0.3) is 10.9 Å². The Labute approximate surface area is 187 Å². The number of aromatic nitrogens is 1. The monoisotopic (exact) mass is 459 g/mol. The molecular weight excluding hydrogens is 440 g/mol. The van der Waals surface area contributed by atoms with E-state index in [-0.39, 0.29) is 42.1 Å². The zero-order chi connectivity index (χ0) is 23.0. The van der Waals surface area contributed by atoms with Crippen LogP contribution in [0.2, 0.25) is 5.02 Å². The maximum atomic E-state index is 14.2. The van der Waals surface area contributed by atoms with Crippen LogP contribution in [0.4, 0.5) is 8.78 Å². The highest BCUT2D eigenvalue weighted by Gasteiger charge is 2.39. The molecule has 0 radical (unpaired) electrons. The Morgan fingerprint density at radius 1 is 1.12 bits per heavy atom. The predicted octanol–water partition coefficient (Wildman–Crippen LogP) is 3.28. The van der Waals surface area contributed by atoms with Crippen LogP contribution >= 0.6 is 11.6 Å². The molecule has 1 aromatic heterocycles. The summed E-state index contributed by atoms with van der Waals surface area (Å²) in [5.74, 6) is -2.27. The Kier molecular flexibility index (Phi) is 5.97. The number of carbonyl (C=O) groups is 3. The van der Waals surface area contributed by atoms with E-state index < -0.39 is 35.6 Å². The van der Waals surface area contributed by atoms with Crippen molar-refractivity contribution in [3.05, 3.63) is 70.6 Å². The van der Waals surface area contributed by atoms with Crippen LogP contribution in [0.3, 0.4) is 0 Å². The molecule has 2 amide bonds. The minimum Gasteiger partial charge on any atom is -0.366 e. The number of para-hydroxylation sites is 1. The van der Waals surface area contributed by atoms with Gasteiger partial charge in [0.25, 0.3) is 5.91 Å². The number of nitrogens with zero attached hydrogens (tertiary/aromatic N) is 2. The van der Waals surface area contributed by atoms with Gasteiger partial charge in [-0.1, -0.05) is 41.9 Å². The molecule has 0 unspecified atom stereocenters. The number of halogens is 3. The number of rotatable bonds is 6. The Bertz CT molecular complexity index is 1230. The number of Topliss-reactive ketones (excluding diaryl/α,β-unsaturated/α-hetero) is 1. The number of benzene rings is 2. The standard InChI is InChI=1S/C23H20ClF2N3O3/c24-17-6-3-4-13(22(17)26)8-20(30)19-9-14(25)10-29(19)21(31)12-28-11-16(23(27)32)15-5-1-2-7-18(15)28/h1-7,11,14,19H,8-10,12H2,(H2,27,32)/t14-,19+/m1/s1. The van der Waals surface area contributed by atoms with E-state index in [1.807, 2.05) is 0 Å². The van der Waals surface area contributed by atoms with E-state index in [1.54, 1.807) is 28.8 Å².